The van der Waals surface area contributed by atoms with E-state index in [-0.39, 0.29) is 0 Å². The SMILES string of the molecule is CCCNC(N)=NCc1cccnc1OCCOC. The van der Waals surface area contributed by atoms with Gasteiger partial charge in [-0.15, -0.1) is 0 Å². The van der Waals surface area contributed by atoms with Gasteiger partial charge in [-0.05, 0) is 12.5 Å². The molecule has 0 saturated heterocycles. The van der Waals surface area contributed by atoms with Crippen LogP contribution in [0.5, 0.6) is 5.88 Å². The van der Waals surface area contributed by atoms with Gasteiger partial charge in [-0.2, -0.15) is 0 Å². The zero-order valence-corrected chi connectivity index (χ0v) is 11.6. The maximum Gasteiger partial charge on any atom is 0.218 e. The molecule has 1 aromatic heterocycles. The van der Waals surface area contributed by atoms with Crippen molar-refractivity contribution in [2.45, 2.75) is 19.9 Å². The third kappa shape index (κ3) is 6.05. The molecule has 0 unspecified atom stereocenters. The number of hydrogen-bond donors (Lipinski definition) is 2. The Bertz CT molecular complexity index is 396. The van der Waals surface area contributed by atoms with Crippen molar-refractivity contribution in [3.63, 3.8) is 0 Å². The Morgan fingerprint density at radius 2 is 2.32 bits per heavy atom. The van der Waals surface area contributed by atoms with E-state index in [0.29, 0.717) is 31.6 Å². The van der Waals surface area contributed by atoms with Crippen LogP contribution in [0.3, 0.4) is 0 Å². The number of methoxy groups -OCH3 is 1. The number of rotatable bonds is 8. The fourth-order valence-corrected chi connectivity index (χ4v) is 1.38. The highest BCUT2D eigenvalue weighted by molar-refractivity contribution is 5.77. The first-order chi connectivity index (χ1) is 9.27. The van der Waals surface area contributed by atoms with E-state index in [1.54, 1.807) is 13.3 Å². The highest BCUT2D eigenvalue weighted by Crippen LogP contribution is 2.15. The van der Waals surface area contributed by atoms with Gasteiger partial charge < -0.3 is 20.5 Å². The highest BCUT2D eigenvalue weighted by Gasteiger charge is 2.04. The van der Waals surface area contributed by atoms with Crippen molar-refractivity contribution in [1.29, 1.82) is 0 Å². The molecule has 1 heterocycles. The Labute approximate surface area is 114 Å². The third-order valence-electron chi connectivity index (χ3n) is 2.35. The molecule has 3 N–H and O–H groups in total. The van der Waals surface area contributed by atoms with Crippen molar-refractivity contribution < 1.29 is 9.47 Å². The smallest absolute Gasteiger partial charge is 0.218 e. The molecule has 0 saturated carbocycles. The van der Waals surface area contributed by atoms with Crippen LogP contribution in [0, 0.1) is 0 Å². The number of nitrogens with two attached hydrogens (primary N) is 1. The lowest BCUT2D eigenvalue weighted by atomic mass is 10.3. The standard InChI is InChI=1S/C13H22N4O2/c1-3-6-16-13(14)17-10-11-5-4-7-15-12(11)19-9-8-18-2/h4-5,7H,3,6,8-10H2,1-2H3,(H3,14,16,17). The van der Waals surface area contributed by atoms with E-state index < -0.39 is 0 Å². The summed E-state index contributed by atoms with van der Waals surface area (Å²) in [5.41, 5.74) is 6.64. The van der Waals surface area contributed by atoms with E-state index in [9.17, 15) is 0 Å². The molecule has 0 aliphatic carbocycles. The van der Waals surface area contributed by atoms with Crippen molar-refractivity contribution in [1.82, 2.24) is 10.3 Å². The zero-order chi connectivity index (χ0) is 13.9. The summed E-state index contributed by atoms with van der Waals surface area (Å²) in [6.07, 6.45) is 2.70. The van der Waals surface area contributed by atoms with Crippen molar-refractivity contribution in [3.8, 4) is 5.88 Å². The van der Waals surface area contributed by atoms with Crippen molar-refractivity contribution in [2.24, 2.45) is 10.7 Å². The third-order valence-corrected chi connectivity index (χ3v) is 2.35. The number of aliphatic imine (C=N–C) groups is 1. The molecule has 19 heavy (non-hydrogen) atoms. The number of nitrogens with zero attached hydrogens (tertiary/aromatic N) is 2. The van der Waals surface area contributed by atoms with E-state index in [1.807, 2.05) is 12.1 Å². The lowest BCUT2D eigenvalue weighted by molar-refractivity contribution is 0.143. The second kappa shape index (κ2) is 9.16. The van der Waals surface area contributed by atoms with Gasteiger partial charge in [0.2, 0.25) is 5.88 Å². The van der Waals surface area contributed by atoms with E-state index in [1.165, 1.54) is 0 Å². The summed E-state index contributed by atoms with van der Waals surface area (Å²) in [5.74, 6) is 1.01. The van der Waals surface area contributed by atoms with Crippen molar-refractivity contribution in [2.75, 3.05) is 26.9 Å². The van der Waals surface area contributed by atoms with Crippen LogP contribution in [-0.4, -0.2) is 37.8 Å². The quantitative estimate of drug-likeness (QED) is 0.415. The molecule has 0 spiro atoms. The fraction of sp³-hybridized carbons (Fsp3) is 0.538. The maximum absolute atomic E-state index is 5.74. The minimum absolute atomic E-state index is 0.438. The highest BCUT2D eigenvalue weighted by atomic mass is 16.5. The number of nitrogens with one attached hydrogen (secondary N) is 1. The molecule has 1 rings (SSSR count). The number of aromatic nitrogens is 1. The molecule has 0 amide bonds. The summed E-state index contributed by atoms with van der Waals surface area (Å²) in [5, 5.41) is 3.02. The normalized spacial score (nSPS) is 11.4. The second-order valence-electron chi connectivity index (χ2n) is 3.94. The molecule has 0 bridgehead atoms. The van der Waals surface area contributed by atoms with Gasteiger partial charge >= 0.3 is 0 Å². The van der Waals surface area contributed by atoms with Crippen LogP contribution in [0.15, 0.2) is 23.3 Å². The van der Waals surface area contributed by atoms with Crippen LogP contribution in [0.2, 0.25) is 0 Å². The van der Waals surface area contributed by atoms with Crippen LogP contribution in [0.1, 0.15) is 18.9 Å². The van der Waals surface area contributed by atoms with Gasteiger partial charge in [0, 0.05) is 25.4 Å². The fourth-order valence-electron chi connectivity index (χ4n) is 1.38. The predicted molar refractivity (Wildman–Crippen MR) is 75.2 cm³/mol. The van der Waals surface area contributed by atoms with Crippen LogP contribution in [-0.2, 0) is 11.3 Å². The zero-order valence-electron chi connectivity index (χ0n) is 11.6. The second-order valence-corrected chi connectivity index (χ2v) is 3.94. The van der Waals surface area contributed by atoms with Crippen LogP contribution >= 0.6 is 0 Å². The predicted octanol–water partition coefficient (Wildman–Crippen LogP) is 0.921. The van der Waals surface area contributed by atoms with Gasteiger partial charge in [0.25, 0.3) is 0 Å². The molecular weight excluding hydrogens is 244 g/mol. The van der Waals surface area contributed by atoms with Gasteiger partial charge in [-0.1, -0.05) is 13.0 Å². The van der Waals surface area contributed by atoms with Gasteiger partial charge in [-0.25, -0.2) is 9.98 Å². The molecule has 0 aromatic carbocycles. The minimum Gasteiger partial charge on any atom is -0.475 e. The first-order valence-corrected chi connectivity index (χ1v) is 6.37. The topological polar surface area (TPSA) is 81.8 Å². The average Bonchev–Trinajstić information content (AvgIpc) is 2.44. The molecular formula is C13H22N4O2. The van der Waals surface area contributed by atoms with Crippen LogP contribution in [0.25, 0.3) is 0 Å². The molecule has 0 fully saturated rings. The Hall–Kier alpha value is -1.82. The van der Waals surface area contributed by atoms with Crippen LogP contribution in [0.4, 0.5) is 0 Å². The summed E-state index contributed by atoms with van der Waals surface area (Å²) in [7, 11) is 1.63. The van der Waals surface area contributed by atoms with E-state index >= 15 is 0 Å². The number of hydrogen-bond acceptors (Lipinski definition) is 4. The van der Waals surface area contributed by atoms with Gasteiger partial charge in [-0.3, -0.25) is 0 Å². The molecule has 0 aliphatic rings. The Kier molecular flexibility index (Phi) is 7.34. The molecule has 0 atom stereocenters. The Balaban J connectivity index is 2.56. The Morgan fingerprint density at radius 1 is 1.47 bits per heavy atom. The number of guanidine groups is 1. The van der Waals surface area contributed by atoms with Gasteiger partial charge in [0.15, 0.2) is 5.96 Å². The van der Waals surface area contributed by atoms with Crippen molar-refractivity contribution >= 4 is 5.96 Å². The van der Waals surface area contributed by atoms with E-state index in [4.69, 9.17) is 15.2 Å². The molecule has 0 aliphatic heterocycles. The largest absolute Gasteiger partial charge is 0.475 e. The molecule has 6 nitrogen and oxygen atoms in total. The van der Waals surface area contributed by atoms with Gasteiger partial charge in [0.1, 0.15) is 6.61 Å². The average molecular weight is 266 g/mol. The van der Waals surface area contributed by atoms with Gasteiger partial charge in [0.05, 0.1) is 13.2 Å². The monoisotopic (exact) mass is 266 g/mol. The lowest BCUT2D eigenvalue weighted by Gasteiger charge is -2.09. The summed E-state index contributed by atoms with van der Waals surface area (Å²) < 4.78 is 10.5. The first-order valence-electron chi connectivity index (χ1n) is 6.37. The Morgan fingerprint density at radius 3 is 3.05 bits per heavy atom. The maximum atomic E-state index is 5.74. The molecule has 1 aromatic rings. The summed E-state index contributed by atoms with van der Waals surface area (Å²) in [6, 6.07) is 3.77. The molecule has 0 radical (unpaired) electrons. The first kappa shape index (κ1) is 15.2. The molecule has 106 valence electrons. The lowest BCUT2D eigenvalue weighted by Crippen LogP contribution is -2.32. The summed E-state index contributed by atoms with van der Waals surface area (Å²) >= 11 is 0. The van der Waals surface area contributed by atoms with Crippen molar-refractivity contribution in [3.05, 3.63) is 23.9 Å². The van der Waals surface area contributed by atoms with Crippen LogP contribution < -0.4 is 15.8 Å². The molecule has 6 heteroatoms. The summed E-state index contributed by atoms with van der Waals surface area (Å²) in [4.78, 5) is 8.44. The summed E-state index contributed by atoms with van der Waals surface area (Å²) in [6.45, 7) is 4.33. The van der Waals surface area contributed by atoms with E-state index in [2.05, 4.69) is 22.2 Å². The number of ether oxygens (including phenoxy) is 2. The number of pyridine rings is 1. The minimum atomic E-state index is 0.438. The van der Waals surface area contributed by atoms with E-state index in [0.717, 1.165) is 18.5 Å².